The van der Waals surface area contributed by atoms with Gasteiger partial charge in [-0.05, 0) is 114 Å². The highest BCUT2D eigenvalue weighted by molar-refractivity contribution is 6.03. The van der Waals surface area contributed by atoms with Gasteiger partial charge >= 0.3 is 5.97 Å². The van der Waals surface area contributed by atoms with E-state index in [9.17, 15) is 14.4 Å². The third-order valence-electron chi connectivity index (χ3n) is 10.9. The number of nitrogens with one attached hydrogen (secondary N) is 2. The summed E-state index contributed by atoms with van der Waals surface area (Å²) in [7, 11) is 3.68. The van der Waals surface area contributed by atoms with Crippen molar-refractivity contribution in [1.29, 1.82) is 0 Å². The Kier molecular flexibility index (Phi) is 14.9. The van der Waals surface area contributed by atoms with Crippen molar-refractivity contribution in [2.45, 2.75) is 92.4 Å². The van der Waals surface area contributed by atoms with E-state index >= 15 is 0 Å². The molecule has 16 heteroatoms. The van der Waals surface area contributed by atoms with Crippen molar-refractivity contribution >= 4 is 51.8 Å². The molecule has 3 aromatic carbocycles. The Bertz CT molecular complexity index is 2500. The molecule has 328 valence electrons. The van der Waals surface area contributed by atoms with Crippen molar-refractivity contribution in [3.63, 3.8) is 0 Å². The van der Waals surface area contributed by atoms with Crippen LogP contribution in [0.4, 0.5) is 23.0 Å². The molecule has 62 heavy (non-hydrogen) atoms. The number of hydrogen-bond donors (Lipinski definition) is 4. The average Bonchev–Trinajstić information content (AvgIpc) is 3.92. The van der Waals surface area contributed by atoms with Crippen LogP contribution < -0.4 is 31.7 Å². The number of imidazole rings is 1. The van der Waals surface area contributed by atoms with Crippen LogP contribution in [-0.4, -0.2) is 74.2 Å². The van der Waals surface area contributed by atoms with Crippen LogP contribution in [0.15, 0.2) is 66.7 Å². The summed E-state index contributed by atoms with van der Waals surface area (Å²) in [4.78, 5) is 45.7. The van der Waals surface area contributed by atoms with Crippen molar-refractivity contribution in [3.8, 4) is 5.75 Å². The zero-order chi connectivity index (χ0) is 44.3. The fourth-order valence-electron chi connectivity index (χ4n) is 7.73. The monoisotopic (exact) mass is 845 g/mol. The van der Waals surface area contributed by atoms with Gasteiger partial charge in [0.2, 0.25) is 11.9 Å². The van der Waals surface area contributed by atoms with Crippen LogP contribution in [0, 0.1) is 13.8 Å². The number of benzene rings is 3. The average molecular weight is 846 g/mol. The molecule has 2 amide bonds. The Morgan fingerprint density at radius 3 is 2.37 bits per heavy atom. The minimum absolute atomic E-state index is 0.298. The number of unbranched alkanes of at least 4 members (excludes halogenated alkanes) is 3. The summed E-state index contributed by atoms with van der Waals surface area (Å²) in [6.07, 6.45) is 4.75. The van der Waals surface area contributed by atoms with Crippen molar-refractivity contribution in [2.24, 2.45) is 5.73 Å². The summed E-state index contributed by atoms with van der Waals surface area (Å²) in [6.45, 7) is 10.9. The summed E-state index contributed by atoms with van der Waals surface area (Å²) in [5.41, 5.74) is 20.3. The molecule has 0 saturated heterocycles. The molecule has 16 nitrogen and oxygen atoms in total. The molecule has 0 aliphatic heterocycles. The van der Waals surface area contributed by atoms with Gasteiger partial charge in [0.25, 0.3) is 5.91 Å². The minimum Gasteiger partial charge on any atom is -0.497 e. The van der Waals surface area contributed by atoms with Gasteiger partial charge in [-0.15, -0.1) is 0 Å². The molecule has 0 unspecified atom stereocenters. The molecule has 0 aliphatic carbocycles. The molecule has 0 fully saturated rings. The van der Waals surface area contributed by atoms with Crippen LogP contribution >= 0.6 is 0 Å². The van der Waals surface area contributed by atoms with E-state index < -0.39 is 5.91 Å². The first kappa shape index (κ1) is 44.7. The number of ether oxygens (including phenoxy) is 2. The number of amides is 2. The Morgan fingerprint density at radius 1 is 0.887 bits per heavy atom. The smallest absolute Gasteiger partial charge is 0.356 e. The van der Waals surface area contributed by atoms with Gasteiger partial charge in [-0.25, -0.2) is 9.78 Å². The number of nitrogens with two attached hydrogens (primary N) is 2. The second-order valence-corrected chi connectivity index (χ2v) is 15.3. The summed E-state index contributed by atoms with van der Waals surface area (Å²) in [6, 6.07) is 20.9. The van der Waals surface area contributed by atoms with Crippen LogP contribution in [0.2, 0.25) is 0 Å². The van der Waals surface area contributed by atoms with Gasteiger partial charge in [0.05, 0.1) is 47.7 Å². The number of esters is 1. The number of hydrogen-bond acceptors (Lipinski definition) is 11. The first-order chi connectivity index (χ1) is 29.9. The van der Waals surface area contributed by atoms with Crippen LogP contribution in [0.1, 0.15) is 99.8 Å². The van der Waals surface area contributed by atoms with E-state index in [1.807, 2.05) is 70.3 Å². The fourth-order valence-corrected chi connectivity index (χ4v) is 7.73. The fraction of sp³-hybridized carbons (Fsp3) is 0.391. The highest BCUT2D eigenvalue weighted by Crippen LogP contribution is 2.31. The van der Waals surface area contributed by atoms with Gasteiger partial charge in [-0.3, -0.25) is 24.3 Å². The van der Waals surface area contributed by atoms with E-state index in [1.165, 1.54) is 0 Å². The van der Waals surface area contributed by atoms with E-state index in [0.717, 1.165) is 82.8 Å². The number of rotatable bonds is 22. The van der Waals surface area contributed by atoms with Gasteiger partial charge in [-0.1, -0.05) is 24.6 Å². The SMILES string of the molecule is CCOC(=O)c1c(CCCCCn2nc(C)cc2C(=O)Nc2nc3c(N(C)Cc4ccc(OC)cc4)cccc3n2CCCCNc2ccc(C(N)=O)cc2N)c(C)nn1CC. The van der Waals surface area contributed by atoms with Gasteiger partial charge in [0.1, 0.15) is 22.7 Å². The van der Waals surface area contributed by atoms with Gasteiger partial charge in [0.15, 0.2) is 0 Å². The second kappa shape index (κ2) is 20.6. The van der Waals surface area contributed by atoms with Crippen LogP contribution in [-0.2, 0) is 37.3 Å². The number of nitrogen functional groups attached to an aromatic ring is 1. The van der Waals surface area contributed by atoms with Gasteiger partial charge in [0, 0.05) is 50.9 Å². The summed E-state index contributed by atoms with van der Waals surface area (Å²) in [5, 5.41) is 15.8. The zero-order valence-corrected chi connectivity index (χ0v) is 36.7. The maximum absolute atomic E-state index is 14.2. The number of anilines is 4. The molecule has 6 aromatic rings. The number of primary amides is 1. The first-order valence-corrected chi connectivity index (χ1v) is 21.3. The van der Waals surface area contributed by atoms with Crippen LogP contribution in [0.25, 0.3) is 11.0 Å². The van der Waals surface area contributed by atoms with Crippen molar-refractivity contribution in [3.05, 3.63) is 106 Å². The summed E-state index contributed by atoms with van der Waals surface area (Å²) >= 11 is 0. The van der Waals surface area contributed by atoms with E-state index in [-0.39, 0.29) is 11.9 Å². The number of para-hydroxylation sites is 1. The minimum atomic E-state index is -0.528. The standard InChI is InChI=1S/C46H59N11O5/c1-7-56-42(45(60)62-8-2)35(31(4)53-56)15-10-9-12-26-57-40(27-30(3)52-57)44(59)51-46-50-41-38(54(5)29-32-18-21-34(61-6)22-19-32)16-14-17-39(41)55(46)25-13-11-24-49-37-23-20-33(43(48)58)28-36(37)47/h14,16-23,27-28,49H,7-13,15,24-26,29,47H2,1-6H3,(H2,48,58)(H,50,51,59). The van der Waals surface area contributed by atoms with Crippen molar-refractivity contribution in [1.82, 2.24) is 29.1 Å². The van der Waals surface area contributed by atoms with E-state index in [4.69, 9.17) is 25.9 Å². The Labute approximate surface area is 362 Å². The lowest BCUT2D eigenvalue weighted by atomic mass is 10.0. The molecular weight excluding hydrogens is 787 g/mol. The molecule has 3 heterocycles. The van der Waals surface area contributed by atoms with Crippen LogP contribution in [0.5, 0.6) is 5.75 Å². The third kappa shape index (κ3) is 10.5. The van der Waals surface area contributed by atoms with Crippen LogP contribution in [0.3, 0.4) is 0 Å². The van der Waals surface area contributed by atoms with Crippen molar-refractivity contribution < 1.29 is 23.9 Å². The third-order valence-corrected chi connectivity index (χ3v) is 10.9. The number of carbonyl (C=O) groups excluding carboxylic acids is 3. The Balaban J connectivity index is 1.17. The number of aromatic nitrogens is 6. The molecule has 6 N–H and O–H groups in total. The molecule has 6 rings (SSSR count). The normalized spacial score (nSPS) is 11.2. The molecule has 0 bridgehead atoms. The zero-order valence-electron chi connectivity index (χ0n) is 36.7. The Hall–Kier alpha value is -6.84. The summed E-state index contributed by atoms with van der Waals surface area (Å²) < 4.78 is 16.2. The molecule has 0 spiro atoms. The largest absolute Gasteiger partial charge is 0.497 e. The van der Waals surface area contributed by atoms with Gasteiger partial charge < -0.3 is 35.7 Å². The molecule has 3 aromatic heterocycles. The molecule has 0 radical (unpaired) electrons. The molecule has 0 aliphatic rings. The predicted molar refractivity (Wildman–Crippen MR) is 243 cm³/mol. The quantitative estimate of drug-likeness (QED) is 0.0308. The number of methoxy groups -OCH3 is 1. The lowest BCUT2D eigenvalue weighted by Gasteiger charge is -2.20. The van der Waals surface area contributed by atoms with E-state index in [2.05, 4.69) is 30.3 Å². The number of nitrogens with zero attached hydrogens (tertiary/aromatic N) is 7. The number of aryl methyl sites for hydroxylation is 5. The topological polar surface area (TPSA) is 202 Å². The van der Waals surface area contributed by atoms with Crippen molar-refractivity contribution in [2.75, 3.05) is 48.6 Å². The summed E-state index contributed by atoms with van der Waals surface area (Å²) in [5.74, 6) is 0.0745. The number of carbonyl (C=O) groups is 3. The second-order valence-electron chi connectivity index (χ2n) is 15.3. The van der Waals surface area contributed by atoms with E-state index in [1.54, 1.807) is 47.7 Å². The molecule has 0 atom stereocenters. The highest BCUT2D eigenvalue weighted by atomic mass is 16.5. The number of fused-ring (bicyclic) bond motifs is 1. The molecule has 0 saturated carbocycles. The first-order valence-electron chi connectivity index (χ1n) is 21.3. The maximum atomic E-state index is 14.2. The highest BCUT2D eigenvalue weighted by Gasteiger charge is 2.23. The Morgan fingerprint density at radius 2 is 1.66 bits per heavy atom. The van der Waals surface area contributed by atoms with Gasteiger partial charge in [-0.2, -0.15) is 10.2 Å². The lowest BCUT2D eigenvalue weighted by molar-refractivity contribution is 0.0510. The predicted octanol–water partition coefficient (Wildman–Crippen LogP) is 7.13. The van der Waals surface area contributed by atoms with E-state index in [0.29, 0.717) is 74.3 Å². The maximum Gasteiger partial charge on any atom is 0.356 e. The molecular formula is C46H59N11O5. The lowest BCUT2D eigenvalue weighted by Crippen LogP contribution is -2.20.